The van der Waals surface area contributed by atoms with Gasteiger partial charge in [-0.05, 0) is 18.2 Å². The molecule has 0 fully saturated rings. The van der Waals surface area contributed by atoms with Gasteiger partial charge >= 0.3 is 0 Å². The zero-order valence-corrected chi connectivity index (χ0v) is 10.5. The Morgan fingerprint density at radius 3 is 2.61 bits per heavy atom. The average Bonchev–Trinajstić information content (AvgIpc) is 2.44. The maximum Gasteiger partial charge on any atom is 0.218 e. The topological polar surface area (TPSA) is 83.4 Å². The number of hydrogen-bond donors (Lipinski definition) is 2. The number of nitrogens with two attached hydrogens (primary N) is 2. The normalized spacial score (nSPS) is 12.4. The largest absolute Gasteiger partial charge is 0.497 e. The fraction of sp³-hybridized carbons (Fsp3) is 0.308. The van der Waals surface area contributed by atoms with Gasteiger partial charge in [-0.2, -0.15) is 0 Å². The Hall–Kier alpha value is -1.85. The van der Waals surface area contributed by atoms with Crippen molar-refractivity contribution in [3.63, 3.8) is 0 Å². The predicted octanol–water partition coefficient (Wildman–Crippen LogP) is 1.21. The molecule has 1 aromatic carbocycles. The Morgan fingerprint density at radius 2 is 2.00 bits per heavy atom. The molecular weight excluding hydrogens is 230 g/mol. The first-order valence-corrected chi connectivity index (χ1v) is 5.68. The molecule has 0 amide bonds. The fourth-order valence-corrected chi connectivity index (χ4v) is 1.83. The Bertz CT molecular complexity index is 557. The molecule has 0 bridgehead atoms. The number of ether oxygens (including phenoxy) is 2. The van der Waals surface area contributed by atoms with Crippen LogP contribution in [-0.4, -0.2) is 25.7 Å². The Kier molecular flexibility index (Phi) is 3.64. The molecule has 18 heavy (non-hydrogen) atoms. The summed E-state index contributed by atoms with van der Waals surface area (Å²) in [7, 11) is 3.19. The van der Waals surface area contributed by atoms with E-state index in [1.54, 1.807) is 14.2 Å². The lowest BCUT2D eigenvalue weighted by molar-refractivity contribution is 0.390. The standard InChI is InChI=1S/C13H17N3O2/c1-17-9-4-3-8-5-10(11(15)7-14)13(18-2)16-12(8)6-9/h3-6,11H,7,14-15H2,1-2H3. The van der Waals surface area contributed by atoms with Gasteiger partial charge in [0, 0.05) is 29.6 Å². The van der Waals surface area contributed by atoms with E-state index in [4.69, 9.17) is 20.9 Å². The van der Waals surface area contributed by atoms with Gasteiger partial charge in [-0.3, -0.25) is 0 Å². The second-order valence-electron chi connectivity index (χ2n) is 3.99. The second-order valence-corrected chi connectivity index (χ2v) is 3.99. The van der Waals surface area contributed by atoms with Crippen LogP contribution in [0, 0.1) is 0 Å². The van der Waals surface area contributed by atoms with Crippen molar-refractivity contribution in [1.29, 1.82) is 0 Å². The Labute approximate surface area is 106 Å². The summed E-state index contributed by atoms with van der Waals surface area (Å²) < 4.78 is 10.4. The molecule has 0 radical (unpaired) electrons. The molecule has 5 heteroatoms. The molecule has 0 aliphatic heterocycles. The maximum absolute atomic E-state index is 5.95. The number of benzene rings is 1. The number of rotatable bonds is 4. The molecular formula is C13H17N3O2. The third-order valence-electron chi connectivity index (χ3n) is 2.86. The van der Waals surface area contributed by atoms with Crippen LogP contribution in [0.4, 0.5) is 0 Å². The van der Waals surface area contributed by atoms with Crippen molar-refractivity contribution in [2.24, 2.45) is 11.5 Å². The van der Waals surface area contributed by atoms with Crippen LogP contribution < -0.4 is 20.9 Å². The van der Waals surface area contributed by atoms with E-state index in [-0.39, 0.29) is 6.04 Å². The number of pyridine rings is 1. The number of hydrogen-bond acceptors (Lipinski definition) is 5. The van der Waals surface area contributed by atoms with Gasteiger partial charge in [0.25, 0.3) is 0 Å². The smallest absolute Gasteiger partial charge is 0.218 e. The number of fused-ring (bicyclic) bond motifs is 1. The van der Waals surface area contributed by atoms with Crippen LogP contribution in [0.5, 0.6) is 11.6 Å². The summed E-state index contributed by atoms with van der Waals surface area (Å²) in [5.74, 6) is 1.27. The molecule has 5 nitrogen and oxygen atoms in total. The van der Waals surface area contributed by atoms with E-state index >= 15 is 0 Å². The van der Waals surface area contributed by atoms with Gasteiger partial charge in [-0.15, -0.1) is 0 Å². The highest BCUT2D eigenvalue weighted by atomic mass is 16.5. The zero-order valence-electron chi connectivity index (χ0n) is 10.5. The summed E-state index contributed by atoms with van der Waals surface area (Å²) in [5, 5.41) is 0.982. The number of methoxy groups -OCH3 is 2. The van der Waals surface area contributed by atoms with Crippen LogP contribution in [0.3, 0.4) is 0 Å². The van der Waals surface area contributed by atoms with Gasteiger partial charge in [0.2, 0.25) is 5.88 Å². The van der Waals surface area contributed by atoms with Crippen molar-refractivity contribution >= 4 is 10.9 Å². The third-order valence-corrected chi connectivity index (χ3v) is 2.86. The quantitative estimate of drug-likeness (QED) is 0.848. The lowest BCUT2D eigenvalue weighted by Crippen LogP contribution is -2.21. The van der Waals surface area contributed by atoms with E-state index < -0.39 is 0 Å². The first-order valence-electron chi connectivity index (χ1n) is 5.68. The van der Waals surface area contributed by atoms with Gasteiger partial charge < -0.3 is 20.9 Å². The van der Waals surface area contributed by atoms with E-state index in [9.17, 15) is 0 Å². The first kappa shape index (κ1) is 12.6. The minimum Gasteiger partial charge on any atom is -0.497 e. The van der Waals surface area contributed by atoms with E-state index in [0.717, 1.165) is 22.2 Å². The molecule has 0 spiro atoms. The van der Waals surface area contributed by atoms with Crippen molar-refractivity contribution < 1.29 is 9.47 Å². The monoisotopic (exact) mass is 247 g/mol. The minimum absolute atomic E-state index is 0.279. The van der Waals surface area contributed by atoms with Gasteiger partial charge in [-0.25, -0.2) is 4.98 Å². The summed E-state index contributed by atoms with van der Waals surface area (Å²) >= 11 is 0. The zero-order chi connectivity index (χ0) is 13.1. The molecule has 0 saturated heterocycles. The average molecular weight is 247 g/mol. The Morgan fingerprint density at radius 1 is 1.22 bits per heavy atom. The van der Waals surface area contributed by atoms with E-state index in [2.05, 4.69) is 4.98 Å². The highest BCUT2D eigenvalue weighted by molar-refractivity contribution is 5.81. The predicted molar refractivity (Wildman–Crippen MR) is 70.8 cm³/mol. The van der Waals surface area contributed by atoms with Gasteiger partial charge in [0.05, 0.1) is 19.7 Å². The molecule has 1 aromatic heterocycles. The van der Waals surface area contributed by atoms with Gasteiger partial charge in [-0.1, -0.05) is 0 Å². The molecule has 2 aromatic rings. The summed E-state index contributed by atoms with van der Waals surface area (Å²) in [6.07, 6.45) is 0. The molecule has 0 saturated carbocycles. The minimum atomic E-state index is -0.279. The lowest BCUT2D eigenvalue weighted by atomic mass is 10.1. The van der Waals surface area contributed by atoms with Crippen molar-refractivity contribution in [2.45, 2.75) is 6.04 Å². The molecule has 1 atom stereocenters. The molecule has 1 heterocycles. The van der Waals surface area contributed by atoms with Crippen molar-refractivity contribution in [3.8, 4) is 11.6 Å². The summed E-state index contributed by atoms with van der Waals surface area (Å²) in [4.78, 5) is 4.43. The summed E-state index contributed by atoms with van der Waals surface area (Å²) in [6.45, 7) is 0.347. The Balaban J connectivity index is 2.60. The van der Waals surface area contributed by atoms with E-state index in [1.807, 2.05) is 24.3 Å². The number of aromatic nitrogens is 1. The number of nitrogens with zero attached hydrogens (tertiary/aromatic N) is 1. The maximum atomic E-state index is 5.95. The molecule has 96 valence electrons. The van der Waals surface area contributed by atoms with Crippen molar-refractivity contribution in [1.82, 2.24) is 4.98 Å². The molecule has 1 unspecified atom stereocenters. The van der Waals surface area contributed by atoms with Crippen LogP contribution >= 0.6 is 0 Å². The molecule has 0 aliphatic rings. The third kappa shape index (κ3) is 2.23. The highest BCUT2D eigenvalue weighted by Crippen LogP contribution is 2.28. The van der Waals surface area contributed by atoms with E-state index in [1.165, 1.54) is 0 Å². The van der Waals surface area contributed by atoms with Gasteiger partial charge in [0.15, 0.2) is 0 Å². The molecule has 0 aliphatic carbocycles. The highest BCUT2D eigenvalue weighted by Gasteiger charge is 2.13. The van der Waals surface area contributed by atoms with Crippen molar-refractivity contribution in [3.05, 3.63) is 29.8 Å². The van der Waals surface area contributed by atoms with Gasteiger partial charge in [0.1, 0.15) is 5.75 Å². The first-order chi connectivity index (χ1) is 8.69. The molecule has 2 rings (SSSR count). The van der Waals surface area contributed by atoms with Crippen LogP contribution in [0.25, 0.3) is 10.9 Å². The molecule has 4 N–H and O–H groups in total. The SMILES string of the molecule is COc1ccc2cc(C(N)CN)c(OC)nc2c1. The fourth-order valence-electron chi connectivity index (χ4n) is 1.83. The van der Waals surface area contributed by atoms with Crippen LogP contribution in [0.15, 0.2) is 24.3 Å². The summed E-state index contributed by atoms with van der Waals surface area (Å²) in [5.41, 5.74) is 13.2. The van der Waals surface area contributed by atoms with Crippen LogP contribution in [0.2, 0.25) is 0 Å². The van der Waals surface area contributed by atoms with Crippen LogP contribution in [-0.2, 0) is 0 Å². The summed E-state index contributed by atoms with van der Waals surface area (Å²) in [6, 6.07) is 7.36. The lowest BCUT2D eigenvalue weighted by Gasteiger charge is -2.14. The van der Waals surface area contributed by atoms with E-state index in [0.29, 0.717) is 12.4 Å². The van der Waals surface area contributed by atoms with Crippen molar-refractivity contribution in [2.75, 3.05) is 20.8 Å². The van der Waals surface area contributed by atoms with Crippen LogP contribution in [0.1, 0.15) is 11.6 Å². The second kappa shape index (κ2) is 5.20.